The number of halogens is 1. The first-order valence-electron chi connectivity index (χ1n) is 6.71. The van der Waals surface area contributed by atoms with E-state index >= 15 is 0 Å². The molecule has 0 amide bonds. The monoisotopic (exact) mass is 281 g/mol. The molecule has 104 valence electrons. The molecule has 1 aliphatic heterocycles. The van der Waals surface area contributed by atoms with Gasteiger partial charge in [0.1, 0.15) is 0 Å². The lowest BCUT2D eigenvalue weighted by Crippen LogP contribution is -2.49. The number of Topliss-reactive ketones (excluding diaryl/α,β-unsaturated/α-hetero) is 1. The molecular formula is C15H20ClNO2. The number of hydrogen-bond acceptors (Lipinski definition) is 3. The molecule has 1 heterocycles. The van der Waals surface area contributed by atoms with Crippen molar-refractivity contribution in [3.63, 3.8) is 0 Å². The minimum absolute atomic E-state index is 0.0819. The highest BCUT2D eigenvalue weighted by molar-refractivity contribution is 6.30. The van der Waals surface area contributed by atoms with Crippen molar-refractivity contribution in [1.29, 1.82) is 0 Å². The fourth-order valence-electron chi connectivity index (χ4n) is 2.45. The van der Waals surface area contributed by atoms with E-state index in [9.17, 15) is 9.90 Å². The summed E-state index contributed by atoms with van der Waals surface area (Å²) in [7, 11) is 0. The number of carbonyl (C=O) groups excluding carboxylic acids is 1. The summed E-state index contributed by atoms with van der Waals surface area (Å²) >= 11 is 5.82. The van der Waals surface area contributed by atoms with Crippen LogP contribution in [0.25, 0.3) is 0 Å². The summed E-state index contributed by atoms with van der Waals surface area (Å²) in [5.74, 6) is 0.396. The molecule has 3 nitrogen and oxygen atoms in total. The molecule has 2 rings (SSSR count). The van der Waals surface area contributed by atoms with Gasteiger partial charge in [0.2, 0.25) is 0 Å². The number of rotatable bonds is 3. The minimum atomic E-state index is -0.339. The van der Waals surface area contributed by atoms with Gasteiger partial charge in [-0.1, -0.05) is 18.5 Å². The van der Waals surface area contributed by atoms with Crippen molar-refractivity contribution in [3.8, 4) is 0 Å². The molecule has 3 unspecified atom stereocenters. The molecule has 0 bridgehead atoms. The first kappa shape index (κ1) is 14.5. The Morgan fingerprint density at radius 2 is 2.05 bits per heavy atom. The molecule has 1 fully saturated rings. The van der Waals surface area contributed by atoms with E-state index in [0.29, 0.717) is 23.0 Å². The van der Waals surface area contributed by atoms with E-state index in [1.165, 1.54) is 0 Å². The second kappa shape index (κ2) is 6.04. The van der Waals surface area contributed by atoms with Crippen LogP contribution in [0.15, 0.2) is 24.3 Å². The van der Waals surface area contributed by atoms with Crippen molar-refractivity contribution < 1.29 is 9.90 Å². The number of aliphatic hydroxyl groups is 1. The first-order chi connectivity index (χ1) is 8.99. The van der Waals surface area contributed by atoms with E-state index in [-0.39, 0.29) is 17.9 Å². The summed E-state index contributed by atoms with van der Waals surface area (Å²) in [6.07, 6.45) is 0.591. The zero-order chi connectivity index (χ0) is 14.0. The van der Waals surface area contributed by atoms with Gasteiger partial charge in [-0.3, -0.25) is 9.69 Å². The zero-order valence-electron chi connectivity index (χ0n) is 11.3. The Morgan fingerprint density at radius 3 is 2.63 bits per heavy atom. The van der Waals surface area contributed by atoms with Gasteiger partial charge >= 0.3 is 0 Å². The van der Waals surface area contributed by atoms with E-state index < -0.39 is 0 Å². The van der Waals surface area contributed by atoms with Gasteiger partial charge in [-0.25, -0.2) is 0 Å². The molecule has 1 N–H and O–H groups in total. The Hall–Kier alpha value is -0.900. The summed E-state index contributed by atoms with van der Waals surface area (Å²) in [5.41, 5.74) is 0.671. The quantitative estimate of drug-likeness (QED) is 0.866. The molecule has 1 aromatic rings. The molecule has 0 radical (unpaired) electrons. The molecule has 0 aliphatic carbocycles. The molecule has 0 saturated carbocycles. The highest BCUT2D eigenvalue weighted by Gasteiger charge is 2.30. The molecule has 19 heavy (non-hydrogen) atoms. The minimum Gasteiger partial charge on any atom is -0.392 e. The van der Waals surface area contributed by atoms with Crippen molar-refractivity contribution in [2.24, 2.45) is 5.92 Å². The van der Waals surface area contributed by atoms with Crippen LogP contribution in [0.1, 0.15) is 30.6 Å². The van der Waals surface area contributed by atoms with E-state index in [0.717, 1.165) is 13.0 Å². The summed E-state index contributed by atoms with van der Waals surface area (Å²) in [6, 6.07) is 6.76. The fraction of sp³-hybridized carbons (Fsp3) is 0.533. The van der Waals surface area contributed by atoms with Gasteiger partial charge in [-0.2, -0.15) is 0 Å². The number of ketones is 1. The van der Waals surface area contributed by atoms with Gasteiger partial charge in [0.25, 0.3) is 0 Å². The van der Waals surface area contributed by atoms with Gasteiger partial charge in [0.05, 0.1) is 12.1 Å². The van der Waals surface area contributed by atoms with Crippen LogP contribution in [0.4, 0.5) is 0 Å². The summed E-state index contributed by atoms with van der Waals surface area (Å²) < 4.78 is 0. The molecule has 0 aromatic heterocycles. The van der Waals surface area contributed by atoms with E-state index in [4.69, 9.17) is 11.6 Å². The molecule has 3 atom stereocenters. The van der Waals surface area contributed by atoms with Crippen molar-refractivity contribution in [1.82, 2.24) is 4.90 Å². The summed E-state index contributed by atoms with van der Waals surface area (Å²) in [6.45, 7) is 5.38. The lowest BCUT2D eigenvalue weighted by atomic mass is 9.93. The lowest BCUT2D eigenvalue weighted by molar-refractivity contribution is 0.0146. The molecule has 4 heteroatoms. The number of carbonyl (C=O) groups is 1. The third-order valence-electron chi connectivity index (χ3n) is 4.01. The maximum Gasteiger partial charge on any atom is 0.179 e. The summed E-state index contributed by atoms with van der Waals surface area (Å²) in [5, 5.41) is 10.5. The lowest BCUT2D eigenvalue weighted by Gasteiger charge is -2.37. The van der Waals surface area contributed by atoms with Gasteiger partial charge in [-0.15, -0.1) is 0 Å². The van der Waals surface area contributed by atoms with E-state index in [1.807, 2.05) is 13.8 Å². The SMILES string of the molecule is CC1CCN(C(C)C(=O)c2ccc(Cl)cc2)CC1O. The highest BCUT2D eigenvalue weighted by atomic mass is 35.5. The Kier molecular flexibility index (Phi) is 4.61. The van der Waals surface area contributed by atoms with Gasteiger partial charge in [-0.05, 0) is 50.1 Å². The van der Waals surface area contributed by atoms with Crippen LogP contribution in [-0.2, 0) is 0 Å². The fourth-order valence-corrected chi connectivity index (χ4v) is 2.57. The maximum atomic E-state index is 12.4. The van der Waals surface area contributed by atoms with Crippen LogP contribution in [-0.4, -0.2) is 41.0 Å². The Bertz CT molecular complexity index is 446. The normalized spacial score (nSPS) is 26.1. The third-order valence-corrected chi connectivity index (χ3v) is 4.26. The van der Waals surface area contributed by atoms with Crippen LogP contribution in [0, 0.1) is 5.92 Å². The average molecular weight is 282 g/mol. The number of β-amino-alcohol motifs (C(OH)–C–C–N with tert-alkyl or cyclic N) is 1. The van der Waals surface area contributed by atoms with Crippen LogP contribution in [0.3, 0.4) is 0 Å². The first-order valence-corrected chi connectivity index (χ1v) is 7.08. The van der Waals surface area contributed by atoms with Crippen LogP contribution < -0.4 is 0 Å². The van der Waals surface area contributed by atoms with Crippen molar-refractivity contribution >= 4 is 17.4 Å². The Morgan fingerprint density at radius 1 is 1.42 bits per heavy atom. The molecular weight excluding hydrogens is 262 g/mol. The number of aliphatic hydroxyl groups excluding tert-OH is 1. The summed E-state index contributed by atoms with van der Waals surface area (Å²) in [4.78, 5) is 14.4. The van der Waals surface area contributed by atoms with E-state index in [2.05, 4.69) is 4.90 Å². The van der Waals surface area contributed by atoms with Crippen molar-refractivity contribution in [2.75, 3.05) is 13.1 Å². The van der Waals surface area contributed by atoms with E-state index in [1.54, 1.807) is 24.3 Å². The number of hydrogen-bond donors (Lipinski definition) is 1. The topological polar surface area (TPSA) is 40.5 Å². The third kappa shape index (κ3) is 3.35. The zero-order valence-corrected chi connectivity index (χ0v) is 12.1. The average Bonchev–Trinajstić information content (AvgIpc) is 2.41. The predicted molar refractivity (Wildman–Crippen MR) is 76.6 cm³/mol. The number of benzene rings is 1. The Balaban J connectivity index is 2.05. The van der Waals surface area contributed by atoms with Crippen molar-refractivity contribution in [2.45, 2.75) is 32.4 Å². The highest BCUT2D eigenvalue weighted by Crippen LogP contribution is 2.21. The molecule has 1 saturated heterocycles. The molecule has 0 spiro atoms. The molecule has 1 aromatic carbocycles. The van der Waals surface area contributed by atoms with Gasteiger partial charge in [0, 0.05) is 17.1 Å². The van der Waals surface area contributed by atoms with Crippen LogP contribution >= 0.6 is 11.6 Å². The molecule has 1 aliphatic rings. The van der Waals surface area contributed by atoms with Crippen molar-refractivity contribution in [3.05, 3.63) is 34.9 Å². The standard InChI is InChI=1S/C15H20ClNO2/c1-10-7-8-17(9-14(10)18)11(2)15(19)12-3-5-13(16)6-4-12/h3-6,10-11,14,18H,7-9H2,1-2H3. The Labute approximate surface area is 119 Å². The maximum absolute atomic E-state index is 12.4. The second-order valence-electron chi connectivity index (χ2n) is 5.38. The number of likely N-dealkylation sites (tertiary alicyclic amines) is 1. The van der Waals surface area contributed by atoms with Gasteiger partial charge < -0.3 is 5.11 Å². The number of piperidine rings is 1. The smallest absolute Gasteiger partial charge is 0.179 e. The largest absolute Gasteiger partial charge is 0.392 e. The predicted octanol–water partition coefficient (Wildman–Crippen LogP) is 2.61. The van der Waals surface area contributed by atoms with Crippen LogP contribution in [0.5, 0.6) is 0 Å². The number of nitrogens with zero attached hydrogens (tertiary/aromatic N) is 1. The second-order valence-corrected chi connectivity index (χ2v) is 5.81. The van der Waals surface area contributed by atoms with Gasteiger partial charge in [0.15, 0.2) is 5.78 Å². The van der Waals surface area contributed by atoms with Crippen LogP contribution in [0.2, 0.25) is 5.02 Å².